The van der Waals surface area contributed by atoms with E-state index in [-0.39, 0.29) is 17.8 Å². The van der Waals surface area contributed by atoms with Crippen molar-refractivity contribution in [2.45, 2.75) is 52.5 Å². The molecule has 3 aromatic heterocycles. The summed E-state index contributed by atoms with van der Waals surface area (Å²) in [5.74, 6) is 0.665. The normalized spacial score (nSPS) is 18.7. The number of nitrogens with zero attached hydrogens (tertiary/aromatic N) is 4. The molecule has 24 heavy (non-hydrogen) atoms. The van der Waals surface area contributed by atoms with E-state index >= 15 is 0 Å². The molecule has 0 saturated heterocycles. The Hall–Kier alpha value is -2.02. The molecule has 6 nitrogen and oxygen atoms in total. The highest BCUT2D eigenvalue weighted by Crippen LogP contribution is 2.38. The first-order valence-corrected chi connectivity index (χ1v) is 9.35. The van der Waals surface area contributed by atoms with Gasteiger partial charge in [0.05, 0.1) is 5.39 Å². The number of fused-ring (bicyclic) bond motifs is 5. The fraction of sp³-hybridized carbons (Fsp3) is 0.529. The van der Waals surface area contributed by atoms with Gasteiger partial charge in [0.15, 0.2) is 5.65 Å². The Bertz CT molecular complexity index is 928. The molecule has 3 aromatic rings. The van der Waals surface area contributed by atoms with Crippen LogP contribution in [0.2, 0.25) is 0 Å². The van der Waals surface area contributed by atoms with Crippen molar-refractivity contribution in [1.29, 1.82) is 0 Å². The van der Waals surface area contributed by atoms with Gasteiger partial charge in [-0.2, -0.15) is 0 Å². The van der Waals surface area contributed by atoms with Crippen molar-refractivity contribution in [2.75, 3.05) is 0 Å². The van der Waals surface area contributed by atoms with Crippen molar-refractivity contribution in [1.82, 2.24) is 24.9 Å². The molecule has 1 aliphatic rings. The quantitative estimate of drug-likeness (QED) is 0.793. The highest BCUT2D eigenvalue weighted by atomic mass is 32.1. The van der Waals surface area contributed by atoms with Gasteiger partial charge >= 0.3 is 0 Å². The third-order valence-corrected chi connectivity index (χ3v) is 6.02. The lowest BCUT2D eigenvalue weighted by Gasteiger charge is -2.17. The second-order valence-corrected chi connectivity index (χ2v) is 7.85. The minimum absolute atomic E-state index is 0.108. The first-order valence-electron chi connectivity index (χ1n) is 8.53. The van der Waals surface area contributed by atoms with E-state index in [9.17, 15) is 4.79 Å². The molecular formula is C17H21N5OS. The van der Waals surface area contributed by atoms with E-state index in [1.807, 2.05) is 13.8 Å². The molecular weight excluding hydrogens is 322 g/mol. The summed E-state index contributed by atoms with van der Waals surface area (Å²) in [5.41, 5.74) is 2.11. The minimum atomic E-state index is -0.223. The smallest absolute Gasteiger partial charge is 0.291 e. The summed E-state index contributed by atoms with van der Waals surface area (Å²) in [5, 5.41) is 8.34. The summed E-state index contributed by atoms with van der Waals surface area (Å²) < 4.78 is 1.64. The summed E-state index contributed by atoms with van der Waals surface area (Å²) in [6.07, 6.45) is 5.93. The van der Waals surface area contributed by atoms with Crippen LogP contribution < -0.4 is 5.32 Å². The average Bonchev–Trinajstić information content (AvgIpc) is 3.14. The molecule has 0 saturated carbocycles. The third-order valence-electron chi connectivity index (χ3n) is 4.82. The molecule has 0 radical (unpaired) electrons. The van der Waals surface area contributed by atoms with Crippen LogP contribution in [0.3, 0.4) is 0 Å². The molecule has 126 valence electrons. The Morgan fingerprint density at radius 3 is 3.17 bits per heavy atom. The summed E-state index contributed by atoms with van der Waals surface area (Å²) >= 11 is 1.76. The van der Waals surface area contributed by atoms with Gasteiger partial charge in [-0.15, -0.1) is 16.4 Å². The number of aromatic nitrogens is 4. The molecule has 4 rings (SSSR count). The van der Waals surface area contributed by atoms with Crippen molar-refractivity contribution >= 4 is 33.1 Å². The van der Waals surface area contributed by atoms with Gasteiger partial charge in [-0.05, 0) is 44.1 Å². The molecule has 1 aliphatic carbocycles. The molecule has 0 bridgehead atoms. The van der Waals surface area contributed by atoms with E-state index in [2.05, 4.69) is 27.3 Å². The molecule has 0 unspecified atom stereocenters. The van der Waals surface area contributed by atoms with Crippen LogP contribution in [0.4, 0.5) is 0 Å². The van der Waals surface area contributed by atoms with Crippen LogP contribution in [0.15, 0.2) is 6.33 Å². The maximum Gasteiger partial charge on any atom is 0.291 e. The lowest BCUT2D eigenvalue weighted by atomic mass is 9.89. The molecule has 0 aliphatic heterocycles. The predicted octanol–water partition coefficient (Wildman–Crippen LogP) is 2.99. The molecule has 0 spiro atoms. The van der Waals surface area contributed by atoms with E-state index in [0.717, 1.165) is 35.1 Å². The number of hydrogen-bond acceptors (Lipinski definition) is 5. The predicted molar refractivity (Wildman–Crippen MR) is 94.6 cm³/mol. The van der Waals surface area contributed by atoms with E-state index in [4.69, 9.17) is 0 Å². The SMILES string of the molecule is CC[C@@H](C)NC(=O)c1nc2c3c4c(sc3ncn2n1)CC[C@@H](C)C4. The Morgan fingerprint density at radius 2 is 2.38 bits per heavy atom. The van der Waals surface area contributed by atoms with E-state index in [0.29, 0.717) is 5.92 Å². The monoisotopic (exact) mass is 343 g/mol. The maximum absolute atomic E-state index is 12.3. The molecule has 0 aromatic carbocycles. The number of carbonyl (C=O) groups is 1. The average molecular weight is 343 g/mol. The molecule has 1 amide bonds. The largest absolute Gasteiger partial charge is 0.347 e. The molecule has 2 atom stereocenters. The van der Waals surface area contributed by atoms with Crippen molar-refractivity contribution in [3.05, 3.63) is 22.6 Å². The summed E-state index contributed by atoms with van der Waals surface area (Å²) in [7, 11) is 0. The van der Waals surface area contributed by atoms with Gasteiger partial charge < -0.3 is 5.32 Å². The first-order chi connectivity index (χ1) is 11.6. The van der Waals surface area contributed by atoms with Gasteiger partial charge in [0.25, 0.3) is 5.91 Å². The van der Waals surface area contributed by atoms with Crippen LogP contribution in [0.1, 0.15) is 54.7 Å². The molecule has 7 heteroatoms. The van der Waals surface area contributed by atoms with Gasteiger partial charge in [-0.25, -0.2) is 14.5 Å². The van der Waals surface area contributed by atoms with Crippen LogP contribution in [0, 0.1) is 5.92 Å². The second kappa shape index (κ2) is 5.81. The fourth-order valence-electron chi connectivity index (χ4n) is 3.23. The number of nitrogens with one attached hydrogen (secondary N) is 1. The van der Waals surface area contributed by atoms with Gasteiger partial charge in [-0.3, -0.25) is 4.79 Å². The van der Waals surface area contributed by atoms with Crippen LogP contribution in [-0.4, -0.2) is 31.5 Å². The third kappa shape index (κ3) is 2.47. The summed E-state index contributed by atoms with van der Waals surface area (Å²) in [4.78, 5) is 23.8. The molecule has 0 fully saturated rings. The van der Waals surface area contributed by atoms with Crippen molar-refractivity contribution < 1.29 is 4.79 Å². The highest BCUT2D eigenvalue weighted by molar-refractivity contribution is 7.19. The van der Waals surface area contributed by atoms with E-state index in [1.54, 1.807) is 22.2 Å². The summed E-state index contributed by atoms with van der Waals surface area (Å²) in [6.45, 7) is 6.30. The van der Waals surface area contributed by atoms with Gasteiger partial charge in [0.1, 0.15) is 11.2 Å². The molecule has 1 N–H and O–H groups in total. The number of aryl methyl sites for hydroxylation is 1. The van der Waals surface area contributed by atoms with Gasteiger partial charge in [0, 0.05) is 10.9 Å². The van der Waals surface area contributed by atoms with Gasteiger partial charge in [-0.1, -0.05) is 13.8 Å². The molecule has 3 heterocycles. The Balaban J connectivity index is 1.83. The zero-order valence-corrected chi connectivity index (χ0v) is 15.0. The number of rotatable bonds is 3. The van der Waals surface area contributed by atoms with Crippen molar-refractivity contribution in [3.63, 3.8) is 0 Å². The maximum atomic E-state index is 12.3. The first kappa shape index (κ1) is 15.5. The number of thiophene rings is 1. The van der Waals surface area contributed by atoms with E-state index in [1.165, 1.54) is 16.9 Å². The lowest BCUT2D eigenvalue weighted by molar-refractivity contribution is 0.0929. The highest BCUT2D eigenvalue weighted by Gasteiger charge is 2.24. The van der Waals surface area contributed by atoms with Gasteiger partial charge in [0.2, 0.25) is 5.82 Å². The van der Waals surface area contributed by atoms with E-state index < -0.39 is 0 Å². The number of hydrogen-bond donors (Lipinski definition) is 1. The summed E-state index contributed by atoms with van der Waals surface area (Å²) in [6, 6.07) is 0.108. The van der Waals surface area contributed by atoms with Crippen molar-refractivity contribution in [3.8, 4) is 0 Å². The van der Waals surface area contributed by atoms with Crippen LogP contribution >= 0.6 is 11.3 Å². The zero-order chi connectivity index (χ0) is 16.8. The zero-order valence-electron chi connectivity index (χ0n) is 14.2. The van der Waals surface area contributed by atoms with Crippen LogP contribution in [-0.2, 0) is 12.8 Å². The van der Waals surface area contributed by atoms with Crippen molar-refractivity contribution in [2.24, 2.45) is 5.92 Å². The minimum Gasteiger partial charge on any atom is -0.347 e. The van der Waals surface area contributed by atoms with Crippen LogP contribution in [0.5, 0.6) is 0 Å². The Kier molecular flexibility index (Phi) is 3.75. The Labute approximate surface area is 144 Å². The van der Waals surface area contributed by atoms with Crippen LogP contribution in [0.25, 0.3) is 15.9 Å². The lowest BCUT2D eigenvalue weighted by Crippen LogP contribution is -2.32. The fourth-order valence-corrected chi connectivity index (χ4v) is 4.41. The topological polar surface area (TPSA) is 72.2 Å². The number of carbonyl (C=O) groups excluding carboxylic acids is 1. The number of amides is 1. The Morgan fingerprint density at radius 1 is 1.54 bits per heavy atom. The standard InChI is InChI=1S/C17H21N5OS/c1-4-10(3)19-16(23)14-20-15-13-11-7-9(2)5-6-12(11)24-17(13)18-8-22(15)21-14/h8-10H,4-7H2,1-3H3,(H,19,23)/t9-,10-/m1/s1. The second-order valence-electron chi connectivity index (χ2n) is 6.76.